The number of aliphatic hydroxyl groups is 2. The summed E-state index contributed by atoms with van der Waals surface area (Å²) in [6, 6.07) is 13.3. The second kappa shape index (κ2) is 11.2. The Labute approximate surface area is 174 Å². The van der Waals surface area contributed by atoms with Gasteiger partial charge in [-0.25, -0.2) is 0 Å². The maximum Gasteiger partial charge on any atom is 0.419 e. The molecule has 2 aromatic carbocycles. The molecule has 0 saturated heterocycles. The molecule has 0 aliphatic rings. The highest BCUT2D eigenvalue weighted by Crippen LogP contribution is 2.37. The zero-order chi connectivity index (χ0) is 20.6. The molecule has 4 nitrogen and oxygen atoms in total. The maximum atomic E-state index is 13.4. The molecule has 0 atom stereocenters. The highest BCUT2D eigenvalue weighted by atomic mass is 35.5. The van der Waals surface area contributed by atoms with Crippen molar-refractivity contribution in [1.29, 1.82) is 0 Å². The lowest BCUT2D eigenvalue weighted by Crippen LogP contribution is -2.45. The summed E-state index contributed by atoms with van der Waals surface area (Å²) in [5, 5.41) is 18.3. The molecule has 0 spiro atoms. The zero-order valence-electron chi connectivity index (χ0n) is 15.7. The number of alkyl halides is 3. The van der Waals surface area contributed by atoms with Crippen LogP contribution in [0.25, 0.3) is 6.08 Å². The fraction of sp³-hybridized carbons (Fsp3) is 0.333. The van der Waals surface area contributed by atoms with Crippen LogP contribution in [0, 0.1) is 0 Å². The zero-order valence-corrected chi connectivity index (χ0v) is 16.5. The Kier molecular flexibility index (Phi) is 9.65. The van der Waals surface area contributed by atoms with E-state index in [1.807, 2.05) is 30.3 Å². The number of halogens is 4. The largest absolute Gasteiger partial charge is 0.493 e. The van der Waals surface area contributed by atoms with E-state index in [9.17, 15) is 13.2 Å². The van der Waals surface area contributed by atoms with Crippen molar-refractivity contribution in [2.24, 2.45) is 5.73 Å². The summed E-state index contributed by atoms with van der Waals surface area (Å²) in [7, 11) is 0. The minimum atomic E-state index is -4.58. The molecule has 0 aromatic heterocycles. The van der Waals surface area contributed by atoms with E-state index >= 15 is 0 Å². The average molecular weight is 432 g/mol. The van der Waals surface area contributed by atoms with Gasteiger partial charge in [-0.1, -0.05) is 48.6 Å². The van der Waals surface area contributed by atoms with Gasteiger partial charge in [-0.05, 0) is 36.1 Å². The second-order valence-corrected chi connectivity index (χ2v) is 6.57. The van der Waals surface area contributed by atoms with E-state index in [4.69, 9.17) is 20.7 Å². The number of hydrogen-bond acceptors (Lipinski definition) is 4. The summed E-state index contributed by atoms with van der Waals surface area (Å²) in [6.07, 6.45) is -0.661. The first-order valence-corrected chi connectivity index (χ1v) is 8.85. The summed E-state index contributed by atoms with van der Waals surface area (Å²) in [5.74, 6) is -0.235. The van der Waals surface area contributed by atoms with Crippen LogP contribution in [0.4, 0.5) is 13.2 Å². The van der Waals surface area contributed by atoms with Gasteiger partial charge in [0.05, 0.1) is 30.9 Å². The van der Waals surface area contributed by atoms with Crippen LogP contribution in [0.1, 0.15) is 23.1 Å². The predicted molar refractivity (Wildman–Crippen MR) is 109 cm³/mol. The molecule has 0 radical (unpaired) electrons. The van der Waals surface area contributed by atoms with E-state index in [1.165, 1.54) is 24.3 Å². The number of benzene rings is 2. The van der Waals surface area contributed by atoms with Crippen molar-refractivity contribution >= 4 is 18.5 Å². The van der Waals surface area contributed by atoms with Crippen LogP contribution in [0.3, 0.4) is 0 Å². The molecule has 2 rings (SSSR count). The normalized spacial score (nSPS) is 12.1. The van der Waals surface area contributed by atoms with Crippen LogP contribution in [-0.4, -0.2) is 35.6 Å². The van der Waals surface area contributed by atoms with Gasteiger partial charge < -0.3 is 20.7 Å². The van der Waals surface area contributed by atoms with E-state index < -0.39 is 30.5 Å². The fourth-order valence-electron chi connectivity index (χ4n) is 2.52. The van der Waals surface area contributed by atoms with Crippen LogP contribution in [0.15, 0.2) is 54.6 Å². The molecule has 160 valence electrons. The molecule has 0 saturated carbocycles. The van der Waals surface area contributed by atoms with E-state index in [0.29, 0.717) is 12.8 Å². The van der Waals surface area contributed by atoms with E-state index in [0.717, 1.165) is 11.6 Å². The van der Waals surface area contributed by atoms with Crippen molar-refractivity contribution < 1.29 is 28.1 Å². The highest BCUT2D eigenvalue weighted by molar-refractivity contribution is 5.85. The quantitative estimate of drug-likeness (QED) is 0.527. The Morgan fingerprint density at radius 1 is 1.00 bits per heavy atom. The molecule has 2 aromatic rings. The van der Waals surface area contributed by atoms with E-state index in [2.05, 4.69) is 0 Å². The Balaban J connectivity index is 0.00000420. The summed E-state index contributed by atoms with van der Waals surface area (Å²) < 4.78 is 45.6. The van der Waals surface area contributed by atoms with Gasteiger partial charge >= 0.3 is 6.18 Å². The Bertz CT molecular complexity index is 778. The van der Waals surface area contributed by atoms with Crippen LogP contribution < -0.4 is 10.5 Å². The fourth-order valence-corrected chi connectivity index (χ4v) is 2.52. The van der Waals surface area contributed by atoms with Gasteiger partial charge in [0, 0.05) is 0 Å². The maximum absolute atomic E-state index is 13.4. The molecular weight excluding hydrogens is 407 g/mol. The van der Waals surface area contributed by atoms with E-state index in [-0.39, 0.29) is 30.3 Å². The summed E-state index contributed by atoms with van der Waals surface area (Å²) in [5.41, 5.74) is 4.75. The lowest BCUT2D eigenvalue weighted by atomic mass is 10.0. The minimum absolute atomic E-state index is 0. The Hall–Kier alpha value is -2.06. The molecule has 0 unspecified atom stereocenters. The van der Waals surface area contributed by atoms with E-state index in [1.54, 1.807) is 0 Å². The number of ether oxygens (including phenoxy) is 1. The Morgan fingerprint density at radius 3 is 2.24 bits per heavy atom. The summed E-state index contributed by atoms with van der Waals surface area (Å²) in [6.45, 7) is -0.905. The second-order valence-electron chi connectivity index (χ2n) is 6.57. The first kappa shape index (κ1) is 25.0. The average Bonchev–Trinajstić information content (AvgIpc) is 2.70. The lowest BCUT2D eigenvalue weighted by Gasteiger charge is -2.20. The van der Waals surface area contributed by atoms with Gasteiger partial charge in [0.15, 0.2) is 0 Å². The Morgan fingerprint density at radius 2 is 1.66 bits per heavy atom. The first-order chi connectivity index (χ1) is 13.3. The molecular formula is C21H25ClF3NO3. The number of rotatable bonds is 9. The lowest BCUT2D eigenvalue weighted by molar-refractivity contribution is -0.139. The van der Waals surface area contributed by atoms with Crippen molar-refractivity contribution in [3.63, 3.8) is 0 Å². The number of aliphatic hydroxyl groups excluding tert-OH is 2. The third kappa shape index (κ3) is 7.70. The van der Waals surface area contributed by atoms with Crippen molar-refractivity contribution in [2.75, 3.05) is 19.8 Å². The third-order valence-corrected chi connectivity index (χ3v) is 4.22. The number of nitrogens with two attached hydrogens (primary N) is 1. The van der Waals surface area contributed by atoms with Crippen molar-refractivity contribution in [2.45, 2.75) is 24.6 Å². The minimum Gasteiger partial charge on any atom is -0.493 e. The van der Waals surface area contributed by atoms with Gasteiger partial charge in [-0.15, -0.1) is 12.4 Å². The topological polar surface area (TPSA) is 75.7 Å². The van der Waals surface area contributed by atoms with Gasteiger partial charge in [-0.3, -0.25) is 0 Å². The molecule has 0 aliphatic heterocycles. The standard InChI is InChI=1S/C21H24F3NO3.ClH/c22-21(23,24)18-13-17(10-11-20(25,14-26)15-27)8-9-19(18)28-12-4-7-16-5-2-1-3-6-16;/h1-3,5-6,8-11,13,26-27H,4,7,12,14-15,25H2;1H. The molecule has 8 heteroatoms. The highest BCUT2D eigenvalue weighted by Gasteiger charge is 2.34. The summed E-state index contributed by atoms with van der Waals surface area (Å²) >= 11 is 0. The van der Waals surface area contributed by atoms with Crippen molar-refractivity contribution in [1.82, 2.24) is 0 Å². The SMILES string of the molecule is Cl.NC(C=Cc1ccc(OCCCc2ccccc2)c(C(F)(F)F)c1)(CO)CO. The first-order valence-electron chi connectivity index (χ1n) is 8.85. The third-order valence-electron chi connectivity index (χ3n) is 4.22. The monoisotopic (exact) mass is 431 g/mol. The van der Waals surface area contributed by atoms with Crippen molar-refractivity contribution in [3.05, 3.63) is 71.3 Å². The van der Waals surface area contributed by atoms with Gasteiger partial charge in [0.1, 0.15) is 5.75 Å². The molecule has 4 N–H and O–H groups in total. The van der Waals surface area contributed by atoms with Crippen molar-refractivity contribution in [3.8, 4) is 5.75 Å². The van der Waals surface area contributed by atoms with Crippen LogP contribution in [-0.2, 0) is 12.6 Å². The number of hydrogen-bond donors (Lipinski definition) is 3. The number of aryl methyl sites for hydroxylation is 1. The van der Waals surface area contributed by atoms with Gasteiger partial charge in [0.2, 0.25) is 0 Å². The molecule has 0 aliphatic carbocycles. The van der Waals surface area contributed by atoms with Gasteiger partial charge in [0.25, 0.3) is 0 Å². The molecule has 0 bridgehead atoms. The smallest absolute Gasteiger partial charge is 0.419 e. The molecule has 0 amide bonds. The van der Waals surface area contributed by atoms with Crippen LogP contribution in [0.5, 0.6) is 5.75 Å². The van der Waals surface area contributed by atoms with Crippen LogP contribution >= 0.6 is 12.4 Å². The summed E-state index contributed by atoms with van der Waals surface area (Å²) in [4.78, 5) is 0. The molecule has 0 fully saturated rings. The molecule has 29 heavy (non-hydrogen) atoms. The molecule has 0 heterocycles. The van der Waals surface area contributed by atoms with Crippen LogP contribution in [0.2, 0.25) is 0 Å². The van der Waals surface area contributed by atoms with Gasteiger partial charge in [-0.2, -0.15) is 13.2 Å². The predicted octanol–water partition coefficient (Wildman–Crippen LogP) is 3.83.